The Kier molecular flexibility index (Phi) is 6.22. The molecule has 0 bridgehead atoms. The van der Waals surface area contributed by atoms with Crippen molar-refractivity contribution in [3.05, 3.63) is 46.1 Å². The van der Waals surface area contributed by atoms with E-state index in [9.17, 15) is 18.0 Å². The van der Waals surface area contributed by atoms with Gasteiger partial charge in [-0.25, -0.2) is 14.8 Å². The summed E-state index contributed by atoms with van der Waals surface area (Å²) in [5.74, 6) is 1.92. The normalized spacial score (nSPS) is 14.9. The molecule has 1 aromatic carbocycles. The molecule has 0 atom stereocenters. The lowest BCUT2D eigenvalue weighted by Crippen LogP contribution is -2.50. The fourth-order valence-electron chi connectivity index (χ4n) is 3.80. The second kappa shape index (κ2) is 8.81. The molecule has 4 rings (SSSR count). The molecular weight excluding hydrogens is 451 g/mol. The van der Waals surface area contributed by atoms with Crippen LogP contribution >= 0.6 is 11.3 Å². The van der Waals surface area contributed by atoms with Crippen LogP contribution in [0.1, 0.15) is 41.6 Å². The number of benzene rings is 1. The zero-order valence-electron chi connectivity index (χ0n) is 19.0. The van der Waals surface area contributed by atoms with Crippen molar-refractivity contribution in [1.29, 1.82) is 0 Å². The van der Waals surface area contributed by atoms with Crippen molar-refractivity contribution >= 4 is 39.1 Å². The number of amides is 2. The van der Waals surface area contributed by atoms with Crippen LogP contribution in [0, 0.1) is 13.8 Å². The molecule has 1 fully saturated rings. The van der Waals surface area contributed by atoms with Crippen molar-refractivity contribution < 1.29 is 18.0 Å². The highest BCUT2D eigenvalue weighted by atomic mass is 32.1. The Morgan fingerprint density at radius 2 is 1.70 bits per heavy atom. The Bertz CT molecular complexity index is 1170. The Hall–Kier alpha value is -2.88. The molecule has 10 heteroatoms. The number of urea groups is 1. The van der Waals surface area contributed by atoms with Gasteiger partial charge in [-0.15, -0.1) is 11.3 Å². The van der Waals surface area contributed by atoms with E-state index in [2.05, 4.69) is 37.9 Å². The minimum Gasteiger partial charge on any atom is -0.352 e. The molecule has 1 N–H and O–H groups in total. The number of thiophene rings is 1. The number of nitrogens with zero attached hydrogens (tertiary/aromatic N) is 4. The van der Waals surface area contributed by atoms with Crippen LogP contribution in [0.5, 0.6) is 0 Å². The standard InChI is InChI=1S/C23H26F3N5OS/c1-13(2)19-28-20(18-14(3)15(4)33-21(18)29-19)30-9-11-31(12-10-30)22(32)27-17-7-5-16(6-8-17)23(24,25)26/h5-8,13H,9-12H2,1-4H3,(H,27,32). The summed E-state index contributed by atoms with van der Waals surface area (Å²) < 4.78 is 38.2. The lowest BCUT2D eigenvalue weighted by atomic mass is 10.1. The Morgan fingerprint density at radius 1 is 1.06 bits per heavy atom. The number of hydrogen-bond acceptors (Lipinski definition) is 5. The van der Waals surface area contributed by atoms with Gasteiger partial charge < -0.3 is 15.1 Å². The topological polar surface area (TPSA) is 61.4 Å². The molecule has 1 aliphatic rings. The fourth-order valence-corrected chi connectivity index (χ4v) is 4.83. The maximum atomic E-state index is 12.7. The summed E-state index contributed by atoms with van der Waals surface area (Å²) in [7, 11) is 0. The molecule has 176 valence electrons. The zero-order chi connectivity index (χ0) is 23.9. The molecule has 1 saturated heterocycles. The van der Waals surface area contributed by atoms with Crippen molar-refractivity contribution in [2.75, 3.05) is 36.4 Å². The van der Waals surface area contributed by atoms with Gasteiger partial charge in [0.05, 0.1) is 10.9 Å². The number of carbonyl (C=O) groups excluding carboxylic acids is 1. The first-order valence-electron chi connectivity index (χ1n) is 10.8. The molecule has 0 spiro atoms. The van der Waals surface area contributed by atoms with E-state index in [1.807, 2.05) is 0 Å². The van der Waals surface area contributed by atoms with Crippen molar-refractivity contribution in [2.24, 2.45) is 0 Å². The van der Waals surface area contributed by atoms with Crippen LogP contribution < -0.4 is 10.2 Å². The first-order valence-corrected chi connectivity index (χ1v) is 11.6. The number of hydrogen-bond donors (Lipinski definition) is 1. The summed E-state index contributed by atoms with van der Waals surface area (Å²) in [5.41, 5.74) is 0.770. The van der Waals surface area contributed by atoms with E-state index in [1.165, 1.54) is 22.6 Å². The van der Waals surface area contributed by atoms with Gasteiger partial charge in [0.15, 0.2) is 0 Å². The lowest BCUT2D eigenvalue weighted by Gasteiger charge is -2.36. The van der Waals surface area contributed by atoms with E-state index in [4.69, 9.17) is 9.97 Å². The highest BCUT2D eigenvalue weighted by Crippen LogP contribution is 2.36. The van der Waals surface area contributed by atoms with Gasteiger partial charge >= 0.3 is 12.2 Å². The highest BCUT2D eigenvalue weighted by Gasteiger charge is 2.30. The average molecular weight is 478 g/mol. The molecule has 2 amide bonds. The molecule has 0 unspecified atom stereocenters. The van der Waals surface area contributed by atoms with Crippen LogP contribution in [-0.2, 0) is 6.18 Å². The van der Waals surface area contributed by atoms with Crippen molar-refractivity contribution in [3.8, 4) is 0 Å². The summed E-state index contributed by atoms with van der Waals surface area (Å²) in [5, 5.41) is 3.76. The summed E-state index contributed by atoms with van der Waals surface area (Å²) >= 11 is 1.67. The third-order valence-corrected chi connectivity index (χ3v) is 6.97. The first kappa shape index (κ1) is 23.3. The van der Waals surface area contributed by atoms with Crippen molar-refractivity contribution in [2.45, 2.75) is 39.8 Å². The third-order valence-electron chi connectivity index (χ3n) is 5.87. The van der Waals surface area contributed by atoms with Gasteiger partial charge in [-0.1, -0.05) is 13.8 Å². The van der Waals surface area contributed by atoms with Crippen molar-refractivity contribution in [3.63, 3.8) is 0 Å². The van der Waals surface area contributed by atoms with Crippen LogP contribution in [0.3, 0.4) is 0 Å². The summed E-state index contributed by atoms with van der Waals surface area (Å²) in [4.78, 5) is 28.4. The van der Waals surface area contributed by atoms with Gasteiger partial charge in [0.2, 0.25) is 0 Å². The number of rotatable bonds is 3. The zero-order valence-corrected chi connectivity index (χ0v) is 19.8. The minimum atomic E-state index is -4.40. The van der Waals surface area contributed by atoms with E-state index >= 15 is 0 Å². The van der Waals surface area contributed by atoms with E-state index in [1.54, 1.807) is 16.2 Å². The number of aromatic nitrogens is 2. The number of fused-ring (bicyclic) bond motifs is 1. The number of nitrogens with one attached hydrogen (secondary N) is 1. The maximum absolute atomic E-state index is 12.7. The molecule has 0 aliphatic carbocycles. The van der Waals surface area contributed by atoms with Crippen LogP contribution in [0.15, 0.2) is 24.3 Å². The second-order valence-corrected chi connectivity index (χ2v) is 9.71. The third kappa shape index (κ3) is 4.75. The number of carbonyl (C=O) groups is 1. The summed E-state index contributed by atoms with van der Waals surface area (Å²) in [6.07, 6.45) is -4.40. The van der Waals surface area contributed by atoms with Gasteiger partial charge in [-0.3, -0.25) is 0 Å². The minimum absolute atomic E-state index is 0.201. The average Bonchev–Trinajstić information content (AvgIpc) is 3.06. The number of aryl methyl sites for hydroxylation is 2. The number of piperazine rings is 1. The highest BCUT2D eigenvalue weighted by molar-refractivity contribution is 7.18. The quantitative estimate of drug-likeness (QED) is 0.518. The number of halogens is 3. The SMILES string of the molecule is Cc1sc2nc(C(C)C)nc(N3CCN(C(=O)Nc4ccc(C(F)(F)F)cc4)CC3)c2c1C. The van der Waals surface area contributed by atoms with Gasteiger partial charge in [-0.2, -0.15) is 13.2 Å². The molecule has 0 radical (unpaired) electrons. The monoisotopic (exact) mass is 477 g/mol. The Balaban J connectivity index is 1.47. The second-order valence-electron chi connectivity index (χ2n) is 8.50. The Morgan fingerprint density at radius 3 is 2.27 bits per heavy atom. The van der Waals surface area contributed by atoms with Crippen molar-refractivity contribution in [1.82, 2.24) is 14.9 Å². The molecular formula is C23H26F3N5OS. The maximum Gasteiger partial charge on any atom is 0.416 e. The van der Waals surface area contributed by atoms with Crippen LogP contribution in [0.4, 0.5) is 29.5 Å². The van der Waals surface area contributed by atoms with Crippen LogP contribution in [0.25, 0.3) is 10.2 Å². The molecule has 2 aromatic heterocycles. The summed E-state index contributed by atoms with van der Waals surface area (Å²) in [6.45, 7) is 10.5. The number of anilines is 2. The molecule has 3 aromatic rings. The van der Waals surface area contributed by atoms with Gasteiger partial charge in [0, 0.05) is 42.7 Å². The van der Waals surface area contributed by atoms with Gasteiger partial charge in [0.1, 0.15) is 16.5 Å². The lowest BCUT2D eigenvalue weighted by molar-refractivity contribution is -0.137. The molecule has 33 heavy (non-hydrogen) atoms. The molecule has 6 nitrogen and oxygen atoms in total. The van der Waals surface area contributed by atoms with Crippen LogP contribution in [-0.4, -0.2) is 47.1 Å². The van der Waals surface area contributed by atoms with Crippen LogP contribution in [0.2, 0.25) is 0 Å². The predicted molar refractivity (Wildman–Crippen MR) is 125 cm³/mol. The fraction of sp³-hybridized carbons (Fsp3) is 0.435. The first-order chi connectivity index (χ1) is 15.5. The number of alkyl halides is 3. The molecule has 3 heterocycles. The Labute approximate surface area is 194 Å². The largest absolute Gasteiger partial charge is 0.416 e. The van der Waals surface area contributed by atoms with E-state index < -0.39 is 11.7 Å². The molecule has 0 saturated carbocycles. The van der Waals surface area contributed by atoms with E-state index in [0.717, 1.165) is 34.0 Å². The smallest absolute Gasteiger partial charge is 0.352 e. The summed E-state index contributed by atoms with van der Waals surface area (Å²) in [6, 6.07) is 4.14. The van der Waals surface area contributed by atoms with Gasteiger partial charge in [0.25, 0.3) is 0 Å². The predicted octanol–water partition coefficient (Wildman–Crippen LogP) is 5.80. The van der Waals surface area contributed by atoms with E-state index in [-0.39, 0.29) is 11.9 Å². The van der Waals surface area contributed by atoms with E-state index in [0.29, 0.717) is 31.9 Å². The van der Waals surface area contributed by atoms with Gasteiger partial charge in [-0.05, 0) is 43.7 Å². The molecule has 1 aliphatic heterocycles.